The van der Waals surface area contributed by atoms with Gasteiger partial charge in [0.2, 0.25) is 0 Å². The Hall–Kier alpha value is -1.98. The average molecular weight is 326 g/mol. The van der Waals surface area contributed by atoms with Gasteiger partial charge in [0.15, 0.2) is 23.8 Å². The number of rotatable bonds is 9. The maximum atomic E-state index is 11.8. The van der Waals surface area contributed by atoms with Gasteiger partial charge in [-0.1, -0.05) is 34.3 Å². The number of Topliss-reactive ketones (excluding diaryl/α,β-unsaturated/α-hetero) is 2. The first-order chi connectivity index (χ1) is 10.5. The molecule has 0 amide bonds. The third-order valence-corrected chi connectivity index (χ3v) is 3.18. The smallest absolute Gasteiger partial charge is 0.334 e. The van der Waals surface area contributed by atoms with E-state index in [-0.39, 0.29) is 29.0 Å². The van der Waals surface area contributed by atoms with Crippen LogP contribution in [0.15, 0.2) is 12.2 Å². The van der Waals surface area contributed by atoms with E-state index in [1.54, 1.807) is 27.7 Å². The highest BCUT2D eigenvalue weighted by molar-refractivity contribution is 5.96. The number of carbonyl (C=O) groups is 4. The Kier molecular flexibility index (Phi) is 8.43. The van der Waals surface area contributed by atoms with E-state index in [1.807, 2.05) is 0 Å². The summed E-state index contributed by atoms with van der Waals surface area (Å²) in [6.45, 7) is 13.2. The van der Waals surface area contributed by atoms with Gasteiger partial charge in [0, 0.05) is 17.4 Å². The van der Waals surface area contributed by atoms with Gasteiger partial charge in [0.1, 0.15) is 0 Å². The fraction of sp³-hybridized carbons (Fsp3) is 0.647. The zero-order chi connectivity index (χ0) is 18.3. The maximum absolute atomic E-state index is 11.8. The molecule has 2 unspecified atom stereocenters. The van der Waals surface area contributed by atoms with Gasteiger partial charge < -0.3 is 9.47 Å². The summed E-state index contributed by atoms with van der Waals surface area (Å²) in [4.78, 5) is 46.8. The molecule has 0 bridgehead atoms. The van der Waals surface area contributed by atoms with Crippen molar-refractivity contribution < 1.29 is 28.7 Å². The van der Waals surface area contributed by atoms with E-state index < -0.39 is 30.6 Å². The molecule has 6 nitrogen and oxygen atoms in total. The lowest BCUT2D eigenvalue weighted by atomic mass is 10.1. The summed E-state index contributed by atoms with van der Waals surface area (Å²) >= 11 is 0. The Balaban J connectivity index is 4.47. The van der Waals surface area contributed by atoms with E-state index in [9.17, 15) is 19.2 Å². The van der Waals surface area contributed by atoms with Gasteiger partial charge in [-0.3, -0.25) is 14.4 Å². The van der Waals surface area contributed by atoms with Crippen LogP contribution in [0.2, 0.25) is 0 Å². The number of esters is 2. The van der Waals surface area contributed by atoms with E-state index in [4.69, 9.17) is 9.47 Å². The molecule has 0 saturated carbocycles. The highest BCUT2D eigenvalue weighted by Gasteiger charge is 2.25. The summed E-state index contributed by atoms with van der Waals surface area (Å²) in [7, 11) is 0. The highest BCUT2D eigenvalue weighted by atomic mass is 16.6. The molecule has 0 rings (SSSR count). The Morgan fingerprint density at radius 1 is 0.783 bits per heavy atom. The van der Waals surface area contributed by atoms with E-state index >= 15 is 0 Å². The number of hydrogen-bond donors (Lipinski definition) is 0. The summed E-state index contributed by atoms with van der Waals surface area (Å²) in [6.07, 6.45) is -2.18. The molecule has 2 atom stereocenters. The fourth-order valence-electron chi connectivity index (χ4n) is 1.78. The van der Waals surface area contributed by atoms with Crippen molar-refractivity contribution in [2.75, 3.05) is 0 Å². The minimum atomic E-state index is -0.906. The van der Waals surface area contributed by atoms with Gasteiger partial charge in [-0.15, -0.1) is 0 Å². The van der Waals surface area contributed by atoms with Crippen molar-refractivity contribution in [3.05, 3.63) is 12.2 Å². The standard InChI is InChI=1S/C17H26O6/c1-9(2)15(19)12(6)22-14(18)8-11(5)17(21)23-13(7)16(20)10(3)4/h9-10,12-13H,5,8H2,1-4,6-7H3. The Bertz CT molecular complexity index is 489. The van der Waals surface area contributed by atoms with Crippen LogP contribution < -0.4 is 0 Å². The van der Waals surface area contributed by atoms with Crippen LogP contribution in [0.5, 0.6) is 0 Å². The van der Waals surface area contributed by atoms with Gasteiger partial charge in [0.05, 0.1) is 6.42 Å². The minimum absolute atomic E-state index is 0.123. The lowest BCUT2D eigenvalue weighted by molar-refractivity contribution is -0.156. The van der Waals surface area contributed by atoms with Crippen LogP contribution in [-0.2, 0) is 28.7 Å². The molecule has 0 aromatic carbocycles. The second kappa shape index (κ2) is 9.22. The first-order valence-electron chi connectivity index (χ1n) is 7.63. The molecule has 0 spiro atoms. The zero-order valence-electron chi connectivity index (χ0n) is 14.7. The molecule has 0 aliphatic heterocycles. The quantitative estimate of drug-likeness (QED) is 0.477. The Morgan fingerprint density at radius 3 is 1.57 bits per heavy atom. The molecule has 0 aromatic heterocycles. The topological polar surface area (TPSA) is 86.7 Å². The molecule has 0 aliphatic carbocycles. The van der Waals surface area contributed by atoms with Gasteiger partial charge in [-0.25, -0.2) is 4.79 Å². The van der Waals surface area contributed by atoms with Crippen molar-refractivity contribution in [2.24, 2.45) is 11.8 Å². The lowest BCUT2D eigenvalue weighted by Gasteiger charge is -2.16. The summed E-state index contributed by atoms with van der Waals surface area (Å²) in [5, 5.41) is 0. The monoisotopic (exact) mass is 326 g/mol. The third kappa shape index (κ3) is 7.21. The molecule has 0 fully saturated rings. The first kappa shape index (κ1) is 21.0. The van der Waals surface area contributed by atoms with Crippen molar-refractivity contribution in [1.82, 2.24) is 0 Å². The van der Waals surface area contributed by atoms with Crippen molar-refractivity contribution in [2.45, 2.75) is 60.2 Å². The summed E-state index contributed by atoms with van der Waals surface area (Å²) in [6, 6.07) is 0. The van der Waals surface area contributed by atoms with Crippen LogP contribution in [0, 0.1) is 11.8 Å². The van der Waals surface area contributed by atoms with Gasteiger partial charge in [0.25, 0.3) is 0 Å². The van der Waals surface area contributed by atoms with Crippen molar-refractivity contribution in [1.29, 1.82) is 0 Å². The van der Waals surface area contributed by atoms with Gasteiger partial charge in [-0.05, 0) is 13.8 Å². The SMILES string of the molecule is C=C(CC(=O)OC(C)C(=O)C(C)C)C(=O)OC(C)C(=O)C(C)C. The molecular formula is C17H26O6. The lowest BCUT2D eigenvalue weighted by Crippen LogP contribution is -2.30. The normalized spacial score (nSPS) is 13.4. The molecule has 23 heavy (non-hydrogen) atoms. The largest absolute Gasteiger partial charge is 0.454 e. The van der Waals surface area contributed by atoms with Crippen molar-refractivity contribution >= 4 is 23.5 Å². The van der Waals surface area contributed by atoms with Gasteiger partial charge in [-0.2, -0.15) is 0 Å². The summed E-state index contributed by atoms with van der Waals surface area (Å²) in [5.74, 6) is -2.51. The zero-order valence-corrected chi connectivity index (χ0v) is 14.7. The van der Waals surface area contributed by atoms with Crippen LogP contribution in [0.25, 0.3) is 0 Å². The van der Waals surface area contributed by atoms with E-state index in [0.717, 1.165) is 0 Å². The summed E-state index contributed by atoms with van der Waals surface area (Å²) in [5.41, 5.74) is -0.123. The van der Waals surface area contributed by atoms with Crippen LogP contribution in [0.3, 0.4) is 0 Å². The molecule has 0 radical (unpaired) electrons. The fourth-order valence-corrected chi connectivity index (χ4v) is 1.78. The van der Waals surface area contributed by atoms with Crippen molar-refractivity contribution in [3.63, 3.8) is 0 Å². The van der Waals surface area contributed by atoms with E-state index in [2.05, 4.69) is 6.58 Å². The molecule has 0 aromatic rings. The van der Waals surface area contributed by atoms with Crippen LogP contribution in [-0.4, -0.2) is 35.7 Å². The Labute approximate surface area is 137 Å². The molecule has 130 valence electrons. The Morgan fingerprint density at radius 2 is 1.17 bits per heavy atom. The van der Waals surface area contributed by atoms with Gasteiger partial charge >= 0.3 is 11.9 Å². The number of hydrogen-bond acceptors (Lipinski definition) is 6. The average Bonchev–Trinajstić information content (AvgIpc) is 2.44. The number of ketones is 2. The third-order valence-electron chi connectivity index (χ3n) is 3.18. The predicted octanol–water partition coefficient (Wildman–Crippen LogP) is 2.25. The highest BCUT2D eigenvalue weighted by Crippen LogP contribution is 2.11. The molecule has 0 N–H and O–H groups in total. The molecule has 6 heteroatoms. The second-order valence-corrected chi connectivity index (χ2v) is 6.07. The molecular weight excluding hydrogens is 300 g/mol. The molecule has 0 heterocycles. The van der Waals surface area contributed by atoms with Crippen LogP contribution in [0.1, 0.15) is 48.0 Å². The number of ether oxygens (including phenoxy) is 2. The molecule has 0 aliphatic rings. The van der Waals surface area contributed by atoms with E-state index in [1.165, 1.54) is 13.8 Å². The first-order valence-corrected chi connectivity index (χ1v) is 7.63. The number of carbonyl (C=O) groups excluding carboxylic acids is 4. The van der Waals surface area contributed by atoms with Crippen LogP contribution >= 0.6 is 0 Å². The second-order valence-electron chi connectivity index (χ2n) is 6.07. The minimum Gasteiger partial charge on any atom is -0.454 e. The predicted molar refractivity (Wildman–Crippen MR) is 84.6 cm³/mol. The maximum Gasteiger partial charge on any atom is 0.334 e. The van der Waals surface area contributed by atoms with Crippen LogP contribution in [0.4, 0.5) is 0 Å². The summed E-state index contributed by atoms with van der Waals surface area (Å²) < 4.78 is 9.92. The van der Waals surface area contributed by atoms with Crippen molar-refractivity contribution in [3.8, 4) is 0 Å². The van der Waals surface area contributed by atoms with E-state index in [0.29, 0.717) is 0 Å². The molecule has 0 saturated heterocycles.